The molecule has 0 bridgehead atoms. The Morgan fingerprint density at radius 2 is 1.57 bits per heavy atom. The SMILES string of the molecule is CC(C)(CC(=O)O)CC(=O)O[C@H]1CC[C@@]2(C)C(CC[C@]3(C)C2CC[C@@H]2[C@H]4CCC[C@]4(CC(=O)NCCN)CC[C@]23C)C1(C)C. The number of nitrogens with one attached hydrogen (secondary N) is 1. The number of rotatable bonds is 9. The molecule has 5 saturated carbocycles. The smallest absolute Gasteiger partial charge is 0.306 e. The number of carbonyl (C=O) groups excluding carboxylic acids is 2. The van der Waals surface area contributed by atoms with Crippen molar-refractivity contribution in [3.63, 3.8) is 0 Å². The molecule has 7 nitrogen and oxygen atoms in total. The fourth-order valence-corrected chi connectivity index (χ4v) is 12.9. The highest BCUT2D eigenvalue weighted by molar-refractivity contribution is 5.77. The Morgan fingerprint density at radius 3 is 2.25 bits per heavy atom. The first-order valence-corrected chi connectivity index (χ1v) is 17.8. The molecular weight excluding hydrogens is 552 g/mol. The molecule has 9 atom stereocenters. The molecule has 0 saturated heterocycles. The van der Waals surface area contributed by atoms with E-state index in [9.17, 15) is 19.5 Å². The van der Waals surface area contributed by atoms with Gasteiger partial charge in [0.15, 0.2) is 0 Å². The number of carboxylic acid groups (broad SMARTS) is 1. The summed E-state index contributed by atoms with van der Waals surface area (Å²) in [6.07, 6.45) is 13.6. The van der Waals surface area contributed by atoms with Gasteiger partial charge in [-0.05, 0) is 115 Å². The number of amides is 1. The molecule has 0 aromatic rings. The second-order valence-corrected chi connectivity index (χ2v) is 18.1. The van der Waals surface area contributed by atoms with Gasteiger partial charge in [0.25, 0.3) is 0 Å². The second kappa shape index (κ2) is 11.6. The molecule has 0 heterocycles. The highest BCUT2D eigenvalue weighted by atomic mass is 16.5. The van der Waals surface area contributed by atoms with Gasteiger partial charge in [0.05, 0.1) is 12.8 Å². The topological polar surface area (TPSA) is 119 Å². The van der Waals surface area contributed by atoms with Crippen molar-refractivity contribution in [2.45, 2.75) is 144 Å². The number of aliphatic carboxylic acids is 1. The molecule has 0 aromatic carbocycles. The van der Waals surface area contributed by atoms with Crippen LogP contribution < -0.4 is 11.1 Å². The molecule has 44 heavy (non-hydrogen) atoms. The summed E-state index contributed by atoms with van der Waals surface area (Å²) in [7, 11) is 0. The highest BCUT2D eigenvalue weighted by Crippen LogP contribution is 2.77. The summed E-state index contributed by atoms with van der Waals surface area (Å²) in [5.74, 6) is 1.51. The predicted molar refractivity (Wildman–Crippen MR) is 172 cm³/mol. The second-order valence-electron chi connectivity index (χ2n) is 18.1. The first-order valence-electron chi connectivity index (χ1n) is 17.8. The maximum atomic E-state index is 13.1. The van der Waals surface area contributed by atoms with E-state index in [1.54, 1.807) is 0 Å². The number of ether oxygens (including phenoxy) is 1. The quantitative estimate of drug-likeness (QED) is 0.238. The lowest BCUT2D eigenvalue weighted by atomic mass is 9.32. The molecule has 5 fully saturated rings. The normalized spacial score (nSPS) is 42.7. The largest absolute Gasteiger partial charge is 0.481 e. The van der Waals surface area contributed by atoms with Gasteiger partial charge in [-0.25, -0.2) is 0 Å². The molecule has 0 aromatic heterocycles. The molecule has 2 unspecified atom stereocenters. The van der Waals surface area contributed by atoms with Gasteiger partial charge >= 0.3 is 11.9 Å². The van der Waals surface area contributed by atoms with Crippen molar-refractivity contribution in [3.05, 3.63) is 0 Å². The molecule has 0 aliphatic heterocycles. The van der Waals surface area contributed by atoms with E-state index in [0.29, 0.717) is 43.2 Å². The van der Waals surface area contributed by atoms with Gasteiger partial charge in [0.1, 0.15) is 6.10 Å². The van der Waals surface area contributed by atoms with Crippen LogP contribution in [0.5, 0.6) is 0 Å². The van der Waals surface area contributed by atoms with E-state index in [0.717, 1.165) is 19.3 Å². The number of carbonyl (C=O) groups is 3. The number of fused-ring (bicyclic) bond motifs is 7. The lowest BCUT2D eigenvalue weighted by molar-refractivity contribution is -0.248. The third-order valence-electron chi connectivity index (χ3n) is 15.0. The van der Waals surface area contributed by atoms with Gasteiger partial charge in [-0.1, -0.05) is 54.9 Å². The standard InChI is InChI=1S/C37H62N2O5/c1-32(2,22-30(41)42)23-31(43)44-28-13-15-34(5)26(33(28,3)4)12-16-36(7)27(34)11-10-24-25-9-8-14-37(25,18-17-35(24,36)6)21-29(40)39-20-19-38/h24-28H,8-23,38H2,1-7H3,(H,39,40)(H,41,42)/t24-,25-,26?,27?,28+,34+,35-,36-,37-/m1/s1. The van der Waals surface area contributed by atoms with Gasteiger partial charge in [-0.3, -0.25) is 14.4 Å². The summed E-state index contributed by atoms with van der Waals surface area (Å²) in [4.78, 5) is 37.4. The summed E-state index contributed by atoms with van der Waals surface area (Å²) in [5.41, 5.74) is 5.82. The van der Waals surface area contributed by atoms with E-state index in [1.807, 2.05) is 13.8 Å². The summed E-state index contributed by atoms with van der Waals surface area (Å²) in [6, 6.07) is 0. The monoisotopic (exact) mass is 614 g/mol. The Labute approximate surface area is 266 Å². The van der Waals surface area contributed by atoms with Gasteiger partial charge in [-0.2, -0.15) is 0 Å². The van der Waals surface area contributed by atoms with Crippen molar-refractivity contribution in [1.29, 1.82) is 0 Å². The van der Waals surface area contributed by atoms with Crippen molar-refractivity contribution in [3.8, 4) is 0 Å². The maximum Gasteiger partial charge on any atom is 0.306 e. The molecule has 7 heteroatoms. The Morgan fingerprint density at radius 1 is 0.841 bits per heavy atom. The minimum atomic E-state index is -0.880. The van der Waals surface area contributed by atoms with Crippen LogP contribution in [0.25, 0.3) is 0 Å². The third kappa shape index (κ3) is 5.43. The van der Waals surface area contributed by atoms with Crippen molar-refractivity contribution in [2.75, 3.05) is 13.1 Å². The van der Waals surface area contributed by atoms with E-state index in [1.165, 1.54) is 51.4 Å². The minimum absolute atomic E-state index is 0.0413. The fraction of sp³-hybridized carbons (Fsp3) is 0.919. The molecular formula is C37H62N2O5. The van der Waals surface area contributed by atoms with Crippen LogP contribution in [-0.4, -0.2) is 42.1 Å². The van der Waals surface area contributed by atoms with Crippen molar-refractivity contribution >= 4 is 17.8 Å². The highest BCUT2D eigenvalue weighted by Gasteiger charge is 2.70. The fourth-order valence-electron chi connectivity index (χ4n) is 12.9. The zero-order valence-electron chi connectivity index (χ0n) is 28.9. The van der Waals surface area contributed by atoms with Crippen LogP contribution in [-0.2, 0) is 19.1 Å². The number of esters is 1. The molecule has 0 spiro atoms. The minimum Gasteiger partial charge on any atom is -0.481 e. The van der Waals surface area contributed by atoms with Gasteiger partial charge in [-0.15, -0.1) is 0 Å². The van der Waals surface area contributed by atoms with E-state index < -0.39 is 11.4 Å². The van der Waals surface area contributed by atoms with Crippen LogP contribution in [0.2, 0.25) is 0 Å². The molecule has 5 rings (SSSR count). The van der Waals surface area contributed by atoms with Gasteiger partial charge < -0.3 is 20.9 Å². The van der Waals surface area contributed by atoms with E-state index >= 15 is 0 Å². The molecule has 1 amide bonds. The summed E-state index contributed by atoms with van der Waals surface area (Å²) >= 11 is 0. The van der Waals surface area contributed by atoms with E-state index in [-0.39, 0.29) is 57.9 Å². The van der Waals surface area contributed by atoms with Gasteiger partial charge in [0.2, 0.25) is 5.91 Å². The van der Waals surface area contributed by atoms with Crippen molar-refractivity contribution in [2.24, 2.45) is 61.9 Å². The lowest BCUT2D eigenvalue weighted by Gasteiger charge is -2.72. The van der Waals surface area contributed by atoms with Crippen LogP contribution in [0.4, 0.5) is 0 Å². The van der Waals surface area contributed by atoms with Crippen molar-refractivity contribution < 1.29 is 24.2 Å². The zero-order chi connectivity index (χ0) is 32.3. The number of hydrogen-bond donors (Lipinski definition) is 3. The van der Waals surface area contributed by atoms with Crippen LogP contribution in [0, 0.1) is 56.2 Å². The van der Waals surface area contributed by atoms with Crippen LogP contribution in [0.3, 0.4) is 0 Å². The molecule has 0 radical (unpaired) electrons. The Hall–Kier alpha value is -1.63. The average Bonchev–Trinajstić information content (AvgIpc) is 3.32. The number of hydrogen-bond acceptors (Lipinski definition) is 5. The Kier molecular flexibility index (Phi) is 8.86. The van der Waals surface area contributed by atoms with E-state index in [2.05, 4.69) is 39.9 Å². The summed E-state index contributed by atoms with van der Waals surface area (Å²) in [5, 5.41) is 12.4. The Bertz CT molecular complexity index is 1130. The molecule has 5 aliphatic rings. The maximum absolute atomic E-state index is 13.1. The lowest BCUT2D eigenvalue weighted by Crippen LogP contribution is -2.66. The van der Waals surface area contributed by atoms with Crippen LogP contribution in [0.1, 0.15) is 138 Å². The predicted octanol–water partition coefficient (Wildman–Crippen LogP) is 7.11. The Balaban J connectivity index is 1.33. The number of nitrogens with two attached hydrogens (primary N) is 1. The van der Waals surface area contributed by atoms with Crippen LogP contribution in [0.15, 0.2) is 0 Å². The molecule has 5 aliphatic carbocycles. The van der Waals surface area contributed by atoms with Crippen LogP contribution >= 0.6 is 0 Å². The molecule has 250 valence electrons. The zero-order valence-corrected chi connectivity index (χ0v) is 28.9. The average molecular weight is 615 g/mol. The summed E-state index contributed by atoms with van der Waals surface area (Å²) < 4.78 is 6.23. The third-order valence-corrected chi connectivity index (χ3v) is 15.0. The van der Waals surface area contributed by atoms with Crippen molar-refractivity contribution in [1.82, 2.24) is 5.32 Å². The van der Waals surface area contributed by atoms with E-state index in [4.69, 9.17) is 10.5 Å². The first kappa shape index (κ1) is 33.7. The van der Waals surface area contributed by atoms with Gasteiger partial charge in [0, 0.05) is 24.9 Å². The first-order chi connectivity index (χ1) is 20.4. The number of carboxylic acids is 1. The molecule has 4 N–H and O–H groups in total. The summed E-state index contributed by atoms with van der Waals surface area (Å²) in [6.45, 7) is 17.2.